The number of aryl methyl sites for hydroxylation is 1. The summed E-state index contributed by atoms with van der Waals surface area (Å²) in [4.78, 5) is 17.1. The van der Waals surface area contributed by atoms with Crippen LogP contribution >= 0.6 is 0 Å². The van der Waals surface area contributed by atoms with Gasteiger partial charge in [-0.05, 0) is 36.2 Å². The number of pyridine rings is 1. The summed E-state index contributed by atoms with van der Waals surface area (Å²) >= 11 is 0. The van der Waals surface area contributed by atoms with Gasteiger partial charge in [-0.15, -0.1) is 0 Å². The second-order valence-electron chi connectivity index (χ2n) is 5.74. The van der Waals surface area contributed by atoms with Gasteiger partial charge in [-0.3, -0.25) is 4.79 Å². The average Bonchev–Trinajstić information content (AvgIpc) is 2.97. The number of benzene rings is 1. The van der Waals surface area contributed by atoms with Crippen LogP contribution in [0.25, 0.3) is 11.0 Å². The van der Waals surface area contributed by atoms with Gasteiger partial charge in [-0.25, -0.2) is 4.98 Å². The van der Waals surface area contributed by atoms with Crippen LogP contribution < -0.4 is 10.1 Å². The van der Waals surface area contributed by atoms with Crippen molar-refractivity contribution in [1.82, 2.24) is 14.9 Å². The van der Waals surface area contributed by atoms with Crippen molar-refractivity contribution in [2.24, 2.45) is 7.05 Å². The second kappa shape index (κ2) is 6.74. The normalized spacial score (nSPS) is 12.1. The molecule has 0 aliphatic heterocycles. The Morgan fingerprint density at radius 1 is 1.29 bits per heavy atom. The van der Waals surface area contributed by atoms with Crippen molar-refractivity contribution in [3.05, 3.63) is 59.9 Å². The fraction of sp³-hybridized carbons (Fsp3) is 0.263. The van der Waals surface area contributed by atoms with Gasteiger partial charge in [0, 0.05) is 24.8 Å². The lowest BCUT2D eigenvalue weighted by Gasteiger charge is -2.17. The number of hydrogen-bond donors (Lipinski definition) is 1. The van der Waals surface area contributed by atoms with Crippen LogP contribution in [0.3, 0.4) is 0 Å². The van der Waals surface area contributed by atoms with Gasteiger partial charge in [-0.2, -0.15) is 0 Å². The molecule has 2 heterocycles. The van der Waals surface area contributed by atoms with Crippen LogP contribution in [0.1, 0.15) is 35.3 Å². The molecule has 3 rings (SSSR count). The van der Waals surface area contributed by atoms with Gasteiger partial charge in [0.25, 0.3) is 5.91 Å². The number of aromatic nitrogens is 2. The molecule has 0 fully saturated rings. The molecule has 1 N–H and O–H groups in total. The third kappa shape index (κ3) is 2.97. The minimum atomic E-state index is -0.0868. The van der Waals surface area contributed by atoms with Crippen molar-refractivity contribution < 1.29 is 9.53 Å². The quantitative estimate of drug-likeness (QED) is 0.782. The molecule has 1 aromatic carbocycles. The van der Waals surface area contributed by atoms with Crippen molar-refractivity contribution in [1.29, 1.82) is 0 Å². The van der Waals surface area contributed by atoms with E-state index in [1.54, 1.807) is 13.3 Å². The average molecular weight is 323 g/mol. The first-order valence-electron chi connectivity index (χ1n) is 7.99. The number of hydrogen-bond acceptors (Lipinski definition) is 3. The number of ether oxygens (including phenoxy) is 1. The Hall–Kier alpha value is -2.82. The van der Waals surface area contributed by atoms with Crippen LogP contribution in [-0.2, 0) is 7.05 Å². The van der Waals surface area contributed by atoms with Crippen molar-refractivity contribution in [2.75, 3.05) is 7.11 Å². The van der Waals surface area contributed by atoms with Gasteiger partial charge < -0.3 is 14.6 Å². The van der Waals surface area contributed by atoms with Gasteiger partial charge in [-0.1, -0.05) is 19.1 Å². The van der Waals surface area contributed by atoms with E-state index < -0.39 is 0 Å². The fourth-order valence-electron chi connectivity index (χ4n) is 2.89. The first-order valence-corrected chi connectivity index (χ1v) is 7.99. The lowest BCUT2D eigenvalue weighted by molar-refractivity contribution is 0.0937. The van der Waals surface area contributed by atoms with Crippen LogP contribution in [0.15, 0.2) is 48.8 Å². The van der Waals surface area contributed by atoms with Crippen molar-refractivity contribution in [3.8, 4) is 5.75 Å². The molecule has 24 heavy (non-hydrogen) atoms. The van der Waals surface area contributed by atoms with Crippen LogP contribution in [-0.4, -0.2) is 22.6 Å². The van der Waals surface area contributed by atoms with E-state index in [-0.39, 0.29) is 11.9 Å². The summed E-state index contributed by atoms with van der Waals surface area (Å²) < 4.78 is 7.06. The first kappa shape index (κ1) is 16.1. The molecule has 0 saturated heterocycles. The predicted molar refractivity (Wildman–Crippen MR) is 94.2 cm³/mol. The van der Waals surface area contributed by atoms with Crippen molar-refractivity contribution in [3.63, 3.8) is 0 Å². The largest absolute Gasteiger partial charge is 0.497 e. The molecular formula is C19H21N3O2. The molecule has 124 valence electrons. The summed E-state index contributed by atoms with van der Waals surface area (Å²) in [6, 6.07) is 11.5. The van der Waals surface area contributed by atoms with Gasteiger partial charge in [0.2, 0.25) is 0 Å². The highest BCUT2D eigenvalue weighted by Crippen LogP contribution is 2.23. The van der Waals surface area contributed by atoms with E-state index in [9.17, 15) is 4.79 Å². The Morgan fingerprint density at radius 2 is 2.04 bits per heavy atom. The van der Waals surface area contributed by atoms with E-state index >= 15 is 0 Å². The Balaban J connectivity index is 1.85. The van der Waals surface area contributed by atoms with E-state index in [1.165, 1.54) is 0 Å². The topological polar surface area (TPSA) is 56.2 Å². The molecule has 2 aromatic heterocycles. The number of amides is 1. The summed E-state index contributed by atoms with van der Waals surface area (Å²) in [5.74, 6) is 0.719. The maximum absolute atomic E-state index is 12.8. The standard InChI is InChI=1S/C19H21N3O2/c1-4-17(13-7-9-14(24-3)10-8-13)21-19(23)16-12-22(2)18-15(16)6-5-11-20-18/h5-12,17H,4H2,1-3H3,(H,21,23)/t17-/m0/s1. The molecule has 5 nitrogen and oxygen atoms in total. The highest BCUT2D eigenvalue weighted by atomic mass is 16.5. The number of nitrogens with zero attached hydrogens (tertiary/aromatic N) is 2. The number of rotatable bonds is 5. The lowest BCUT2D eigenvalue weighted by Crippen LogP contribution is -2.28. The SMILES string of the molecule is CC[C@H](NC(=O)c1cn(C)c2ncccc12)c1ccc(OC)cc1. The molecule has 1 atom stereocenters. The minimum Gasteiger partial charge on any atom is -0.497 e. The Labute approximate surface area is 141 Å². The van der Waals surface area contributed by atoms with E-state index in [4.69, 9.17) is 4.74 Å². The summed E-state index contributed by atoms with van der Waals surface area (Å²) in [5.41, 5.74) is 2.51. The number of fused-ring (bicyclic) bond motifs is 1. The van der Waals surface area contributed by atoms with Gasteiger partial charge in [0.1, 0.15) is 11.4 Å². The molecule has 0 aliphatic rings. The molecular weight excluding hydrogens is 302 g/mol. The third-order valence-electron chi connectivity index (χ3n) is 4.21. The molecule has 0 bridgehead atoms. The monoisotopic (exact) mass is 323 g/mol. The predicted octanol–water partition coefficient (Wildman–Crippen LogP) is 3.46. The zero-order valence-corrected chi connectivity index (χ0v) is 14.1. The number of carbonyl (C=O) groups excluding carboxylic acids is 1. The smallest absolute Gasteiger partial charge is 0.253 e. The molecule has 0 unspecified atom stereocenters. The first-order chi connectivity index (χ1) is 11.6. The molecule has 0 spiro atoms. The second-order valence-corrected chi connectivity index (χ2v) is 5.74. The van der Waals surface area contributed by atoms with E-state index in [0.29, 0.717) is 5.56 Å². The summed E-state index contributed by atoms with van der Waals surface area (Å²) in [6.45, 7) is 2.06. The van der Waals surface area contributed by atoms with Crippen molar-refractivity contribution in [2.45, 2.75) is 19.4 Å². The van der Waals surface area contributed by atoms with E-state index in [0.717, 1.165) is 28.8 Å². The zero-order valence-electron chi connectivity index (χ0n) is 14.1. The fourth-order valence-corrected chi connectivity index (χ4v) is 2.89. The van der Waals surface area contributed by atoms with E-state index in [2.05, 4.69) is 17.2 Å². The zero-order chi connectivity index (χ0) is 17.1. The lowest BCUT2D eigenvalue weighted by atomic mass is 10.0. The molecule has 0 aliphatic carbocycles. The molecule has 5 heteroatoms. The maximum atomic E-state index is 12.8. The summed E-state index contributed by atoms with van der Waals surface area (Å²) in [5, 5.41) is 3.98. The Morgan fingerprint density at radius 3 is 2.71 bits per heavy atom. The summed E-state index contributed by atoms with van der Waals surface area (Å²) in [7, 11) is 3.54. The highest BCUT2D eigenvalue weighted by Gasteiger charge is 2.18. The molecule has 3 aromatic rings. The maximum Gasteiger partial charge on any atom is 0.253 e. The van der Waals surface area contributed by atoms with E-state index in [1.807, 2.05) is 54.2 Å². The molecule has 0 saturated carbocycles. The van der Waals surface area contributed by atoms with Crippen LogP contribution in [0.5, 0.6) is 5.75 Å². The Bertz CT molecular complexity index is 853. The number of methoxy groups -OCH3 is 1. The highest BCUT2D eigenvalue weighted by molar-refractivity contribution is 6.06. The minimum absolute atomic E-state index is 0.0460. The van der Waals surface area contributed by atoms with Crippen molar-refractivity contribution >= 4 is 16.9 Å². The number of carbonyl (C=O) groups is 1. The summed E-state index contributed by atoms with van der Waals surface area (Å²) in [6.07, 6.45) is 4.37. The van der Waals surface area contributed by atoms with Crippen LogP contribution in [0.4, 0.5) is 0 Å². The van der Waals surface area contributed by atoms with Crippen LogP contribution in [0.2, 0.25) is 0 Å². The molecule has 1 amide bonds. The third-order valence-corrected chi connectivity index (χ3v) is 4.21. The van der Waals surface area contributed by atoms with Gasteiger partial charge in [0.05, 0.1) is 18.7 Å². The number of nitrogens with one attached hydrogen (secondary N) is 1. The van der Waals surface area contributed by atoms with Gasteiger partial charge >= 0.3 is 0 Å². The van der Waals surface area contributed by atoms with Gasteiger partial charge in [0.15, 0.2) is 0 Å². The van der Waals surface area contributed by atoms with Crippen LogP contribution in [0, 0.1) is 0 Å². The Kier molecular flexibility index (Phi) is 4.51. The molecule has 0 radical (unpaired) electrons.